The van der Waals surface area contributed by atoms with Crippen molar-refractivity contribution in [2.24, 2.45) is 0 Å². The van der Waals surface area contributed by atoms with Crippen LogP contribution < -0.4 is 0 Å². The molecular weight excluding hydrogens is 274 g/mol. The van der Waals surface area contributed by atoms with Crippen molar-refractivity contribution in [3.05, 3.63) is 0 Å². The molecule has 0 aliphatic carbocycles. The number of amides is 1. The molecule has 0 bridgehead atoms. The van der Waals surface area contributed by atoms with E-state index in [4.69, 9.17) is 9.84 Å². The summed E-state index contributed by atoms with van der Waals surface area (Å²) in [6.07, 6.45) is 0.369. The highest BCUT2D eigenvalue weighted by atomic mass is 32.2. The number of carboxylic acid groups (broad SMARTS) is 1. The summed E-state index contributed by atoms with van der Waals surface area (Å²) in [5.41, 5.74) is 0. The smallest absolute Gasteiger partial charge is 0.323 e. The Morgan fingerprint density at radius 2 is 2.11 bits per heavy atom. The average Bonchev–Trinajstić information content (AvgIpc) is 2.66. The van der Waals surface area contributed by atoms with Crippen molar-refractivity contribution in [3.63, 3.8) is 0 Å². The molecule has 1 saturated heterocycles. The Hall–Kier alpha value is -1.15. The normalized spacial score (nSPS) is 21.2. The molecule has 1 fully saturated rings. The van der Waals surface area contributed by atoms with Crippen LogP contribution in [0, 0.1) is 0 Å². The summed E-state index contributed by atoms with van der Waals surface area (Å²) in [7, 11) is -3.15. The zero-order valence-corrected chi connectivity index (χ0v) is 11.7. The van der Waals surface area contributed by atoms with Crippen LogP contribution in [0.25, 0.3) is 0 Å². The van der Waals surface area contributed by atoms with Gasteiger partial charge in [0.25, 0.3) is 0 Å². The maximum atomic E-state index is 11.9. The van der Waals surface area contributed by atoms with Crippen molar-refractivity contribution in [1.29, 1.82) is 0 Å². The van der Waals surface area contributed by atoms with E-state index in [1.54, 1.807) is 6.92 Å². The van der Waals surface area contributed by atoms with Gasteiger partial charge >= 0.3 is 5.97 Å². The van der Waals surface area contributed by atoms with E-state index in [9.17, 15) is 18.0 Å². The van der Waals surface area contributed by atoms with E-state index in [0.717, 1.165) is 4.90 Å². The zero-order chi connectivity index (χ0) is 14.5. The number of hydrogen-bond donors (Lipinski definition) is 1. The van der Waals surface area contributed by atoms with Crippen LogP contribution in [0.3, 0.4) is 0 Å². The van der Waals surface area contributed by atoms with Gasteiger partial charge in [0.2, 0.25) is 5.91 Å². The maximum Gasteiger partial charge on any atom is 0.323 e. The molecule has 1 atom stereocenters. The fraction of sp³-hybridized carbons (Fsp3) is 0.818. The van der Waals surface area contributed by atoms with E-state index in [2.05, 4.69) is 0 Å². The second-order valence-electron chi connectivity index (χ2n) is 4.42. The lowest BCUT2D eigenvalue weighted by atomic mass is 10.2. The van der Waals surface area contributed by atoms with Crippen LogP contribution in [-0.4, -0.2) is 67.6 Å². The summed E-state index contributed by atoms with van der Waals surface area (Å²) in [4.78, 5) is 23.9. The van der Waals surface area contributed by atoms with Crippen molar-refractivity contribution < 1.29 is 27.9 Å². The first-order valence-corrected chi connectivity index (χ1v) is 7.97. The summed E-state index contributed by atoms with van der Waals surface area (Å²) in [5.74, 6) is -1.67. The SMILES string of the molecule is CCOCCC(=O)N(CC(=O)O)C1CCS(=O)(=O)C1. The molecule has 19 heavy (non-hydrogen) atoms. The third kappa shape index (κ3) is 5.15. The Morgan fingerprint density at radius 1 is 1.42 bits per heavy atom. The fourth-order valence-electron chi connectivity index (χ4n) is 2.04. The van der Waals surface area contributed by atoms with Gasteiger partial charge in [-0.1, -0.05) is 0 Å². The third-order valence-corrected chi connectivity index (χ3v) is 4.69. The highest BCUT2D eigenvalue weighted by molar-refractivity contribution is 7.91. The second kappa shape index (κ2) is 6.85. The van der Waals surface area contributed by atoms with Gasteiger partial charge in [-0.3, -0.25) is 9.59 Å². The summed E-state index contributed by atoms with van der Waals surface area (Å²) < 4.78 is 27.9. The Balaban J connectivity index is 2.66. The van der Waals surface area contributed by atoms with Gasteiger partial charge in [0, 0.05) is 12.6 Å². The second-order valence-corrected chi connectivity index (χ2v) is 6.65. The van der Waals surface area contributed by atoms with Crippen LogP contribution in [-0.2, 0) is 24.2 Å². The van der Waals surface area contributed by atoms with E-state index in [0.29, 0.717) is 13.0 Å². The van der Waals surface area contributed by atoms with Crippen molar-refractivity contribution in [1.82, 2.24) is 4.90 Å². The molecule has 1 heterocycles. The van der Waals surface area contributed by atoms with Crippen LogP contribution in [0.5, 0.6) is 0 Å². The first kappa shape index (κ1) is 15.9. The van der Waals surface area contributed by atoms with Gasteiger partial charge in [-0.2, -0.15) is 0 Å². The van der Waals surface area contributed by atoms with Crippen LogP contribution in [0.2, 0.25) is 0 Å². The number of ether oxygens (including phenoxy) is 1. The Morgan fingerprint density at radius 3 is 2.58 bits per heavy atom. The molecule has 0 aromatic carbocycles. The monoisotopic (exact) mass is 293 g/mol. The van der Waals surface area contributed by atoms with E-state index < -0.39 is 28.4 Å². The lowest BCUT2D eigenvalue weighted by molar-refractivity contribution is -0.146. The molecule has 0 spiro atoms. The minimum absolute atomic E-state index is 0.00647. The van der Waals surface area contributed by atoms with Crippen LogP contribution in [0.15, 0.2) is 0 Å². The molecule has 1 amide bonds. The molecule has 8 heteroatoms. The Bertz CT molecular complexity index is 432. The first-order valence-electron chi connectivity index (χ1n) is 6.15. The lowest BCUT2D eigenvalue weighted by Gasteiger charge is -2.26. The van der Waals surface area contributed by atoms with Crippen LogP contribution in [0.4, 0.5) is 0 Å². The largest absolute Gasteiger partial charge is 0.480 e. The number of rotatable bonds is 7. The standard InChI is InChI=1S/C11H19NO6S/c1-2-18-5-3-10(13)12(7-11(14)15)9-4-6-19(16,17)8-9/h9H,2-8H2,1H3,(H,14,15). The van der Waals surface area contributed by atoms with Gasteiger partial charge in [0.1, 0.15) is 6.54 Å². The van der Waals surface area contributed by atoms with Gasteiger partial charge in [0.05, 0.1) is 24.5 Å². The van der Waals surface area contributed by atoms with Crippen molar-refractivity contribution >= 4 is 21.7 Å². The topological polar surface area (TPSA) is 101 Å². The number of sulfone groups is 1. The minimum Gasteiger partial charge on any atom is -0.480 e. The quantitative estimate of drug-likeness (QED) is 0.636. The van der Waals surface area contributed by atoms with Crippen molar-refractivity contribution in [3.8, 4) is 0 Å². The highest BCUT2D eigenvalue weighted by Crippen LogP contribution is 2.18. The van der Waals surface area contributed by atoms with Gasteiger partial charge < -0.3 is 14.7 Å². The Kier molecular flexibility index (Phi) is 5.74. The van der Waals surface area contributed by atoms with Gasteiger partial charge in [-0.15, -0.1) is 0 Å². The van der Waals surface area contributed by atoms with E-state index in [-0.39, 0.29) is 30.4 Å². The number of carbonyl (C=O) groups excluding carboxylic acids is 1. The van der Waals surface area contributed by atoms with Gasteiger partial charge in [-0.05, 0) is 13.3 Å². The molecule has 0 aromatic rings. The molecule has 1 unspecified atom stereocenters. The average molecular weight is 293 g/mol. The number of nitrogens with zero attached hydrogens (tertiary/aromatic N) is 1. The van der Waals surface area contributed by atoms with E-state index in [1.165, 1.54) is 0 Å². The van der Waals surface area contributed by atoms with Gasteiger partial charge in [0.15, 0.2) is 9.84 Å². The molecule has 1 aliphatic rings. The molecule has 7 nitrogen and oxygen atoms in total. The molecule has 1 aliphatic heterocycles. The summed E-state index contributed by atoms with van der Waals surface area (Å²) in [6.45, 7) is 2.02. The predicted molar refractivity (Wildman–Crippen MR) is 67.5 cm³/mol. The molecular formula is C11H19NO6S. The lowest BCUT2D eigenvalue weighted by Crippen LogP contribution is -2.44. The minimum atomic E-state index is -3.15. The fourth-order valence-corrected chi connectivity index (χ4v) is 3.77. The molecule has 0 radical (unpaired) electrons. The summed E-state index contributed by atoms with van der Waals surface area (Å²) in [6, 6.07) is -0.532. The number of carbonyl (C=O) groups is 2. The zero-order valence-electron chi connectivity index (χ0n) is 10.9. The van der Waals surface area contributed by atoms with E-state index in [1.807, 2.05) is 0 Å². The number of carboxylic acids is 1. The van der Waals surface area contributed by atoms with Crippen molar-refractivity contribution in [2.45, 2.75) is 25.8 Å². The highest BCUT2D eigenvalue weighted by Gasteiger charge is 2.35. The summed E-state index contributed by atoms with van der Waals surface area (Å²) in [5, 5.41) is 8.82. The molecule has 0 saturated carbocycles. The maximum absolute atomic E-state index is 11.9. The van der Waals surface area contributed by atoms with Crippen molar-refractivity contribution in [2.75, 3.05) is 31.3 Å². The van der Waals surface area contributed by atoms with Gasteiger partial charge in [-0.25, -0.2) is 8.42 Å². The molecule has 110 valence electrons. The first-order chi connectivity index (χ1) is 8.85. The molecule has 1 N–H and O–H groups in total. The third-order valence-electron chi connectivity index (χ3n) is 2.94. The van der Waals surface area contributed by atoms with Crippen LogP contribution in [0.1, 0.15) is 19.8 Å². The predicted octanol–water partition coefficient (Wildman–Crippen LogP) is -0.487. The number of aliphatic carboxylic acids is 1. The molecule has 1 rings (SSSR count). The summed E-state index contributed by atoms with van der Waals surface area (Å²) >= 11 is 0. The van der Waals surface area contributed by atoms with Crippen LogP contribution >= 0.6 is 0 Å². The Labute approximate surface area is 112 Å². The molecule has 0 aromatic heterocycles. The number of hydrogen-bond acceptors (Lipinski definition) is 5. The van der Waals surface area contributed by atoms with E-state index >= 15 is 0 Å².